The van der Waals surface area contributed by atoms with Gasteiger partial charge in [-0.1, -0.05) is 12.1 Å². The minimum atomic E-state index is 0.495. The molecule has 2 nitrogen and oxygen atoms in total. The van der Waals surface area contributed by atoms with Crippen molar-refractivity contribution in [2.24, 2.45) is 11.8 Å². The van der Waals surface area contributed by atoms with Crippen LogP contribution in [-0.2, 0) is 6.54 Å². The zero-order valence-electron chi connectivity index (χ0n) is 12.7. The lowest BCUT2D eigenvalue weighted by Gasteiger charge is -2.48. The fourth-order valence-corrected chi connectivity index (χ4v) is 4.07. The highest BCUT2D eigenvalue weighted by atomic mass is 32.2. The Hall–Kier alpha value is -0.950. The lowest BCUT2D eigenvalue weighted by atomic mass is 9.76. The van der Waals surface area contributed by atoms with E-state index in [-0.39, 0.29) is 0 Å². The molecule has 0 radical (unpaired) electrons. The molecule has 3 aliphatic rings. The van der Waals surface area contributed by atoms with Crippen molar-refractivity contribution in [2.45, 2.75) is 30.3 Å². The van der Waals surface area contributed by atoms with Gasteiger partial charge in [0.25, 0.3) is 0 Å². The van der Waals surface area contributed by atoms with Crippen molar-refractivity contribution in [3.8, 4) is 12.3 Å². The SMILES string of the molecule is C#CC1CN2CCC1CC2CNCc1ccc(SC)cc1. The first-order chi connectivity index (χ1) is 10.3. The van der Waals surface area contributed by atoms with Crippen LogP contribution in [0.25, 0.3) is 0 Å². The van der Waals surface area contributed by atoms with Gasteiger partial charge in [-0.05, 0) is 49.3 Å². The molecule has 0 saturated carbocycles. The first kappa shape index (κ1) is 15.0. The highest BCUT2D eigenvalue weighted by Crippen LogP contribution is 2.35. The van der Waals surface area contributed by atoms with E-state index in [2.05, 4.69) is 46.7 Å². The molecule has 0 aliphatic carbocycles. The molecular formula is C18H24N2S. The van der Waals surface area contributed by atoms with E-state index in [0.29, 0.717) is 12.0 Å². The second kappa shape index (κ2) is 6.87. The van der Waals surface area contributed by atoms with E-state index in [1.807, 2.05) is 0 Å². The number of thioether (sulfide) groups is 1. The molecule has 0 aromatic heterocycles. The lowest BCUT2D eigenvalue weighted by molar-refractivity contribution is 0.0227. The van der Waals surface area contributed by atoms with Gasteiger partial charge in [-0.15, -0.1) is 24.1 Å². The van der Waals surface area contributed by atoms with E-state index < -0.39 is 0 Å². The molecule has 4 rings (SSSR count). The Bertz CT molecular complexity index is 505. The van der Waals surface area contributed by atoms with Crippen LogP contribution in [0.15, 0.2) is 29.2 Å². The van der Waals surface area contributed by atoms with Crippen LogP contribution in [0.4, 0.5) is 0 Å². The summed E-state index contributed by atoms with van der Waals surface area (Å²) in [5.41, 5.74) is 1.37. The van der Waals surface area contributed by atoms with Gasteiger partial charge in [0, 0.05) is 36.5 Å². The summed E-state index contributed by atoms with van der Waals surface area (Å²) in [5.74, 6) is 4.24. The molecule has 0 spiro atoms. The Morgan fingerprint density at radius 3 is 2.81 bits per heavy atom. The predicted octanol–water partition coefficient (Wildman–Crippen LogP) is 2.84. The molecule has 0 amide bonds. The topological polar surface area (TPSA) is 15.3 Å². The molecule has 3 aliphatic heterocycles. The van der Waals surface area contributed by atoms with Crippen molar-refractivity contribution in [2.75, 3.05) is 25.9 Å². The molecule has 4 atom stereocenters. The van der Waals surface area contributed by atoms with Gasteiger partial charge in [-0.3, -0.25) is 4.90 Å². The Morgan fingerprint density at radius 2 is 2.19 bits per heavy atom. The minimum absolute atomic E-state index is 0.495. The van der Waals surface area contributed by atoms with E-state index in [9.17, 15) is 0 Å². The number of piperidine rings is 3. The average molecular weight is 300 g/mol. The molecule has 3 heteroatoms. The Labute approximate surface area is 132 Å². The Morgan fingerprint density at radius 1 is 1.38 bits per heavy atom. The van der Waals surface area contributed by atoms with Gasteiger partial charge in [0.05, 0.1) is 0 Å². The summed E-state index contributed by atoms with van der Waals surface area (Å²) in [5, 5.41) is 3.63. The first-order valence-corrected chi connectivity index (χ1v) is 9.06. The molecule has 1 aromatic carbocycles. The van der Waals surface area contributed by atoms with Crippen molar-refractivity contribution in [3.63, 3.8) is 0 Å². The van der Waals surface area contributed by atoms with Crippen molar-refractivity contribution < 1.29 is 0 Å². The maximum atomic E-state index is 5.64. The van der Waals surface area contributed by atoms with Crippen LogP contribution < -0.4 is 5.32 Å². The van der Waals surface area contributed by atoms with Gasteiger partial charge in [-0.25, -0.2) is 0 Å². The van der Waals surface area contributed by atoms with Gasteiger partial charge in [0.15, 0.2) is 0 Å². The normalized spacial score (nSPS) is 31.0. The van der Waals surface area contributed by atoms with Crippen molar-refractivity contribution in [1.82, 2.24) is 10.2 Å². The second-order valence-electron chi connectivity index (χ2n) is 6.19. The smallest absolute Gasteiger partial charge is 0.0356 e. The van der Waals surface area contributed by atoms with Crippen LogP contribution in [-0.4, -0.2) is 36.8 Å². The summed E-state index contributed by atoms with van der Waals surface area (Å²) in [6, 6.07) is 9.52. The first-order valence-electron chi connectivity index (χ1n) is 7.84. The number of hydrogen-bond donors (Lipinski definition) is 1. The number of terminal acetylenes is 1. The lowest BCUT2D eigenvalue weighted by Crippen LogP contribution is -2.55. The van der Waals surface area contributed by atoms with E-state index in [0.717, 1.165) is 25.6 Å². The fourth-order valence-electron chi connectivity index (χ4n) is 3.67. The second-order valence-corrected chi connectivity index (χ2v) is 7.07. The summed E-state index contributed by atoms with van der Waals surface area (Å²) in [4.78, 5) is 3.92. The van der Waals surface area contributed by atoms with Crippen molar-refractivity contribution in [3.05, 3.63) is 29.8 Å². The Balaban J connectivity index is 1.47. The van der Waals surface area contributed by atoms with Crippen LogP contribution in [0.2, 0.25) is 0 Å². The number of hydrogen-bond acceptors (Lipinski definition) is 3. The number of rotatable bonds is 5. The average Bonchev–Trinajstić information content (AvgIpc) is 2.56. The largest absolute Gasteiger partial charge is 0.311 e. The molecule has 1 N–H and O–H groups in total. The monoisotopic (exact) mass is 300 g/mol. The highest BCUT2D eigenvalue weighted by Gasteiger charge is 2.38. The van der Waals surface area contributed by atoms with Crippen LogP contribution >= 0.6 is 11.8 Å². The zero-order valence-corrected chi connectivity index (χ0v) is 13.5. The summed E-state index contributed by atoms with van der Waals surface area (Å²) in [7, 11) is 0. The highest BCUT2D eigenvalue weighted by molar-refractivity contribution is 7.98. The third kappa shape index (κ3) is 3.45. The minimum Gasteiger partial charge on any atom is -0.311 e. The summed E-state index contributed by atoms with van der Waals surface area (Å²) in [6.45, 7) is 4.38. The van der Waals surface area contributed by atoms with E-state index in [4.69, 9.17) is 6.42 Å². The molecule has 1 aromatic rings. The molecular weight excluding hydrogens is 276 g/mol. The molecule has 2 bridgehead atoms. The number of nitrogens with one attached hydrogen (secondary N) is 1. The Kier molecular flexibility index (Phi) is 4.90. The maximum absolute atomic E-state index is 5.64. The van der Waals surface area contributed by atoms with Crippen LogP contribution in [0.3, 0.4) is 0 Å². The molecule has 112 valence electrons. The summed E-state index contributed by atoms with van der Waals surface area (Å²) >= 11 is 1.79. The van der Waals surface area contributed by atoms with Crippen LogP contribution in [0, 0.1) is 24.2 Å². The molecule has 3 fully saturated rings. The molecule has 21 heavy (non-hydrogen) atoms. The molecule has 3 saturated heterocycles. The third-order valence-corrected chi connectivity index (χ3v) is 5.70. The summed E-state index contributed by atoms with van der Waals surface area (Å²) < 4.78 is 0. The van der Waals surface area contributed by atoms with Crippen LogP contribution in [0.5, 0.6) is 0 Å². The van der Waals surface area contributed by atoms with Gasteiger partial charge in [-0.2, -0.15) is 0 Å². The number of fused-ring (bicyclic) bond motifs is 3. The van der Waals surface area contributed by atoms with Gasteiger partial charge >= 0.3 is 0 Å². The fraction of sp³-hybridized carbons (Fsp3) is 0.556. The van der Waals surface area contributed by atoms with Gasteiger partial charge < -0.3 is 5.32 Å². The van der Waals surface area contributed by atoms with Gasteiger partial charge in [0.2, 0.25) is 0 Å². The van der Waals surface area contributed by atoms with E-state index in [1.165, 1.54) is 29.8 Å². The summed E-state index contributed by atoms with van der Waals surface area (Å²) in [6.07, 6.45) is 10.3. The van der Waals surface area contributed by atoms with Crippen molar-refractivity contribution >= 4 is 11.8 Å². The molecule has 4 unspecified atom stereocenters. The standard InChI is InChI=1S/C18H24N2S/c1-3-15-13-20-9-8-16(15)10-17(20)12-19-11-14-4-6-18(21-2)7-5-14/h1,4-7,15-17,19H,8-13H2,2H3. The van der Waals surface area contributed by atoms with E-state index in [1.54, 1.807) is 11.8 Å². The van der Waals surface area contributed by atoms with E-state index >= 15 is 0 Å². The maximum Gasteiger partial charge on any atom is 0.0356 e. The zero-order chi connectivity index (χ0) is 14.7. The van der Waals surface area contributed by atoms with Crippen molar-refractivity contribution in [1.29, 1.82) is 0 Å². The number of nitrogens with zero attached hydrogens (tertiary/aromatic N) is 1. The predicted molar refractivity (Wildman–Crippen MR) is 90.3 cm³/mol. The quantitative estimate of drug-likeness (QED) is 0.665. The number of benzene rings is 1. The van der Waals surface area contributed by atoms with Gasteiger partial charge in [0.1, 0.15) is 0 Å². The molecule has 3 heterocycles. The van der Waals surface area contributed by atoms with Crippen LogP contribution in [0.1, 0.15) is 18.4 Å². The third-order valence-electron chi connectivity index (χ3n) is 4.96.